The molecule has 37 heavy (non-hydrogen) atoms. The molecule has 0 saturated carbocycles. The van der Waals surface area contributed by atoms with Gasteiger partial charge in [0.25, 0.3) is 0 Å². The second kappa shape index (κ2) is 11.2. The van der Waals surface area contributed by atoms with E-state index in [1.165, 1.54) is 5.06 Å². The van der Waals surface area contributed by atoms with Crippen LogP contribution in [-0.4, -0.2) is 65.0 Å². The smallest absolute Gasteiger partial charge is 0.442 e. The summed E-state index contributed by atoms with van der Waals surface area (Å²) in [5, 5.41) is 3.05. The van der Waals surface area contributed by atoms with Crippen molar-refractivity contribution in [2.24, 2.45) is 9.98 Å². The number of ether oxygens (including phenoxy) is 1. The SMILES string of the molecule is CC(C)(C)OC(=O)N=C=NC(=O)ON1CCN(c2cccc(-c3nc(Cl)nc4ccc(Cl)cc34)c2)CC1. The number of hydrogen-bond acceptors (Lipinski definition) is 8. The van der Waals surface area contributed by atoms with Gasteiger partial charge in [-0.3, -0.25) is 0 Å². The molecular formula is C25H24Cl2N6O4. The molecule has 2 heterocycles. The van der Waals surface area contributed by atoms with E-state index in [0.717, 1.165) is 16.6 Å². The minimum atomic E-state index is -0.922. The van der Waals surface area contributed by atoms with Crippen LogP contribution in [0.15, 0.2) is 52.4 Å². The van der Waals surface area contributed by atoms with Crippen LogP contribution < -0.4 is 4.90 Å². The van der Waals surface area contributed by atoms with E-state index in [-0.39, 0.29) is 5.28 Å². The number of aromatic nitrogens is 2. The number of anilines is 1. The van der Waals surface area contributed by atoms with E-state index in [0.29, 0.717) is 42.4 Å². The lowest BCUT2D eigenvalue weighted by Gasteiger charge is -2.34. The van der Waals surface area contributed by atoms with E-state index in [2.05, 4.69) is 24.9 Å². The number of fused-ring (bicyclic) bond motifs is 1. The van der Waals surface area contributed by atoms with Gasteiger partial charge in [-0.15, -0.1) is 15.0 Å². The van der Waals surface area contributed by atoms with Gasteiger partial charge in [-0.1, -0.05) is 23.7 Å². The summed E-state index contributed by atoms with van der Waals surface area (Å²) in [6, 6.07) is 15.3. The summed E-state index contributed by atoms with van der Waals surface area (Å²) >= 11 is 12.4. The Bertz CT molecular complexity index is 1390. The maximum atomic E-state index is 11.9. The van der Waals surface area contributed by atoms with Gasteiger partial charge in [-0.2, -0.15) is 0 Å². The Labute approximate surface area is 223 Å². The molecular weight excluding hydrogens is 519 g/mol. The first kappa shape index (κ1) is 26.5. The van der Waals surface area contributed by atoms with Crippen molar-refractivity contribution in [1.82, 2.24) is 15.0 Å². The van der Waals surface area contributed by atoms with E-state index >= 15 is 0 Å². The lowest BCUT2D eigenvalue weighted by Crippen LogP contribution is -2.46. The highest BCUT2D eigenvalue weighted by atomic mass is 35.5. The quantitative estimate of drug-likeness (QED) is 0.297. The number of hydroxylamine groups is 2. The molecule has 2 amide bonds. The topological polar surface area (TPSA) is 110 Å². The van der Waals surface area contributed by atoms with Gasteiger partial charge < -0.3 is 14.5 Å². The van der Waals surface area contributed by atoms with Gasteiger partial charge >= 0.3 is 12.2 Å². The molecule has 0 unspecified atom stereocenters. The molecule has 0 spiro atoms. The Morgan fingerprint density at radius 2 is 1.70 bits per heavy atom. The zero-order valence-corrected chi connectivity index (χ0v) is 22.0. The Morgan fingerprint density at radius 1 is 0.973 bits per heavy atom. The maximum absolute atomic E-state index is 11.9. The summed E-state index contributed by atoms with van der Waals surface area (Å²) in [7, 11) is 0. The predicted molar refractivity (Wildman–Crippen MR) is 141 cm³/mol. The molecule has 1 aliphatic heterocycles. The Kier molecular flexibility index (Phi) is 8.04. The second-order valence-corrected chi connectivity index (χ2v) is 9.90. The van der Waals surface area contributed by atoms with Gasteiger partial charge in [0.1, 0.15) is 11.6 Å². The van der Waals surface area contributed by atoms with Crippen LogP contribution in [0.4, 0.5) is 15.3 Å². The Balaban J connectivity index is 1.39. The van der Waals surface area contributed by atoms with Gasteiger partial charge in [0.15, 0.2) is 0 Å². The molecule has 3 aromatic rings. The third-order valence-electron chi connectivity index (χ3n) is 5.24. The van der Waals surface area contributed by atoms with Crippen molar-refractivity contribution in [1.29, 1.82) is 0 Å². The molecule has 0 atom stereocenters. The fraction of sp³-hybridized carbons (Fsp3) is 0.320. The van der Waals surface area contributed by atoms with Gasteiger partial charge in [0, 0.05) is 34.7 Å². The zero-order valence-electron chi connectivity index (χ0n) is 20.4. The second-order valence-electron chi connectivity index (χ2n) is 9.13. The first-order valence-electron chi connectivity index (χ1n) is 11.4. The number of nitrogens with zero attached hydrogens (tertiary/aromatic N) is 6. The molecule has 1 fully saturated rings. The summed E-state index contributed by atoms with van der Waals surface area (Å²) in [5.74, 6) is 0. The normalized spacial score (nSPS) is 14.1. The molecule has 1 saturated heterocycles. The minimum absolute atomic E-state index is 0.157. The van der Waals surface area contributed by atoms with Crippen LogP contribution in [0.2, 0.25) is 10.3 Å². The zero-order chi connectivity index (χ0) is 26.6. The number of carbonyl (C=O) groups is 2. The van der Waals surface area contributed by atoms with Crippen LogP contribution in [0, 0.1) is 0 Å². The lowest BCUT2D eigenvalue weighted by molar-refractivity contribution is -0.0983. The Morgan fingerprint density at radius 3 is 2.43 bits per heavy atom. The largest absolute Gasteiger partial charge is 0.462 e. The van der Waals surface area contributed by atoms with Gasteiger partial charge in [0.05, 0.1) is 24.3 Å². The molecule has 0 N–H and O–H groups in total. The summed E-state index contributed by atoms with van der Waals surface area (Å²) in [4.78, 5) is 46.3. The number of hydrogen-bond donors (Lipinski definition) is 0. The summed E-state index contributed by atoms with van der Waals surface area (Å²) in [6.07, 6.45) is -1.81. The minimum Gasteiger partial charge on any atom is -0.442 e. The number of benzene rings is 2. The molecule has 0 radical (unpaired) electrons. The van der Waals surface area contributed by atoms with Crippen LogP contribution in [-0.2, 0) is 9.57 Å². The maximum Gasteiger partial charge on any atom is 0.462 e. The highest BCUT2D eigenvalue weighted by Crippen LogP contribution is 2.31. The molecule has 1 aromatic heterocycles. The monoisotopic (exact) mass is 542 g/mol. The van der Waals surface area contributed by atoms with E-state index < -0.39 is 17.8 Å². The highest BCUT2D eigenvalue weighted by molar-refractivity contribution is 6.31. The fourth-order valence-corrected chi connectivity index (χ4v) is 4.05. The molecule has 10 nitrogen and oxygen atoms in total. The van der Waals surface area contributed by atoms with Crippen molar-refractivity contribution < 1.29 is 19.2 Å². The molecule has 1 aliphatic rings. The van der Waals surface area contributed by atoms with Crippen molar-refractivity contribution in [2.75, 3.05) is 31.1 Å². The number of piperazine rings is 1. The third-order valence-corrected chi connectivity index (χ3v) is 5.64. The van der Waals surface area contributed by atoms with Crippen LogP contribution in [0.1, 0.15) is 20.8 Å². The average Bonchev–Trinajstić information content (AvgIpc) is 2.83. The van der Waals surface area contributed by atoms with Crippen molar-refractivity contribution in [3.05, 3.63) is 52.8 Å². The lowest BCUT2D eigenvalue weighted by atomic mass is 10.1. The van der Waals surface area contributed by atoms with Gasteiger partial charge in [-0.25, -0.2) is 19.6 Å². The Hall–Kier alpha value is -3.56. The third kappa shape index (κ3) is 7.24. The van der Waals surface area contributed by atoms with Crippen LogP contribution in [0.5, 0.6) is 0 Å². The number of rotatable bonds is 3. The first-order valence-corrected chi connectivity index (χ1v) is 12.2. The number of aliphatic imine (C=N–C) groups is 2. The summed E-state index contributed by atoms with van der Waals surface area (Å²) in [6.45, 7) is 7.20. The molecule has 192 valence electrons. The van der Waals surface area contributed by atoms with Crippen LogP contribution in [0.25, 0.3) is 22.2 Å². The number of halogens is 2. The number of carbonyl (C=O) groups excluding carboxylic acids is 2. The van der Waals surface area contributed by atoms with E-state index in [1.807, 2.05) is 42.4 Å². The molecule has 12 heteroatoms. The van der Waals surface area contributed by atoms with Gasteiger partial charge in [-0.05, 0) is 62.7 Å². The summed E-state index contributed by atoms with van der Waals surface area (Å²) < 4.78 is 4.98. The first-order chi connectivity index (χ1) is 17.6. The van der Waals surface area contributed by atoms with Crippen molar-refractivity contribution in [2.45, 2.75) is 26.4 Å². The fourth-order valence-electron chi connectivity index (χ4n) is 3.70. The molecule has 2 aromatic carbocycles. The van der Waals surface area contributed by atoms with Crippen LogP contribution in [0.3, 0.4) is 0 Å². The van der Waals surface area contributed by atoms with Crippen LogP contribution >= 0.6 is 23.2 Å². The van der Waals surface area contributed by atoms with E-state index in [4.69, 9.17) is 32.8 Å². The highest BCUT2D eigenvalue weighted by Gasteiger charge is 2.21. The predicted octanol–water partition coefficient (Wildman–Crippen LogP) is 5.89. The van der Waals surface area contributed by atoms with E-state index in [9.17, 15) is 9.59 Å². The molecule has 4 rings (SSSR count). The van der Waals surface area contributed by atoms with Crippen molar-refractivity contribution >= 4 is 58.0 Å². The molecule has 0 bridgehead atoms. The molecule has 0 aliphatic carbocycles. The summed E-state index contributed by atoms with van der Waals surface area (Å²) in [5.41, 5.74) is 2.56. The van der Waals surface area contributed by atoms with Crippen molar-refractivity contribution in [3.63, 3.8) is 0 Å². The standard InChI is InChI=1S/C25H24Cl2N6O4/c1-25(2,3)36-23(34)28-15-29-24(35)37-33-11-9-32(10-12-33)18-6-4-5-16(13-18)21-19-14-17(26)7-8-20(19)30-22(27)31-21/h4-8,13-14H,9-12H2,1-3H3. The van der Waals surface area contributed by atoms with Gasteiger partial charge in [0.2, 0.25) is 5.28 Å². The van der Waals surface area contributed by atoms with E-state index in [1.54, 1.807) is 26.8 Å². The van der Waals surface area contributed by atoms with Crippen molar-refractivity contribution in [3.8, 4) is 11.3 Å². The average molecular weight is 543 g/mol. The number of amides is 2.